The Balaban J connectivity index is 1.64. The summed E-state index contributed by atoms with van der Waals surface area (Å²) in [5.41, 5.74) is -0.593. The van der Waals surface area contributed by atoms with Gasteiger partial charge in [-0.3, -0.25) is 9.35 Å². The van der Waals surface area contributed by atoms with Gasteiger partial charge in [-0.05, 0) is 17.7 Å². The summed E-state index contributed by atoms with van der Waals surface area (Å²) >= 11 is 0. The number of fused-ring (bicyclic) bond motifs is 1. The number of phenolic OH excluding ortho intramolecular Hbond substituents is 1. The summed E-state index contributed by atoms with van der Waals surface area (Å²) in [6.45, 7) is 0. The summed E-state index contributed by atoms with van der Waals surface area (Å²) in [5, 5.41) is 49.1. The first-order valence-corrected chi connectivity index (χ1v) is 11.4. The molecule has 2 aromatic carbocycles. The van der Waals surface area contributed by atoms with Gasteiger partial charge in [0.1, 0.15) is 52.8 Å². The van der Waals surface area contributed by atoms with Crippen LogP contribution in [0.25, 0.3) is 22.1 Å². The number of hydrogen-bond acceptors (Lipinski definition) is 12. The van der Waals surface area contributed by atoms with Crippen molar-refractivity contribution in [1.82, 2.24) is 0 Å². The van der Waals surface area contributed by atoms with E-state index in [0.29, 0.717) is 0 Å². The van der Waals surface area contributed by atoms with E-state index < -0.39 is 58.3 Å². The number of carboxylic acids is 1. The fraction of sp³-hybridized carbons (Fsp3) is 0.238. The third kappa shape index (κ3) is 4.97. The number of ether oxygens (including phenoxy) is 2. The van der Waals surface area contributed by atoms with Crippen molar-refractivity contribution < 1.29 is 61.4 Å². The predicted octanol–water partition coefficient (Wildman–Crippen LogP) is -0.382. The number of aliphatic hydroxyl groups is 3. The lowest BCUT2D eigenvalue weighted by molar-refractivity contribution is -0.271. The molecule has 3 aromatic rings. The van der Waals surface area contributed by atoms with Gasteiger partial charge in [-0.2, -0.15) is 8.42 Å². The minimum Gasteiger partial charge on any atom is -0.507 e. The van der Waals surface area contributed by atoms with E-state index in [1.54, 1.807) is 0 Å². The fourth-order valence-corrected chi connectivity index (χ4v) is 3.92. The highest BCUT2D eigenvalue weighted by atomic mass is 32.3. The van der Waals surface area contributed by atoms with Gasteiger partial charge in [0.05, 0.1) is 5.56 Å². The molecule has 15 heteroatoms. The lowest BCUT2D eigenvalue weighted by Crippen LogP contribution is -2.61. The molecule has 192 valence electrons. The monoisotopic (exact) mass is 526 g/mol. The van der Waals surface area contributed by atoms with E-state index in [0.717, 1.165) is 18.4 Å². The number of carbonyl (C=O) groups is 1. The molecule has 0 amide bonds. The molecule has 1 aliphatic heterocycles. The second kappa shape index (κ2) is 9.38. The largest absolute Gasteiger partial charge is 0.507 e. The van der Waals surface area contributed by atoms with Crippen LogP contribution in [-0.2, 0) is 19.9 Å². The van der Waals surface area contributed by atoms with Crippen molar-refractivity contribution in [2.24, 2.45) is 0 Å². The molecule has 0 spiro atoms. The Kier molecular flexibility index (Phi) is 6.61. The van der Waals surface area contributed by atoms with Crippen LogP contribution in [-0.4, -0.2) is 75.2 Å². The summed E-state index contributed by atoms with van der Waals surface area (Å²) in [6, 6.07) is 7.09. The van der Waals surface area contributed by atoms with Crippen molar-refractivity contribution in [2.45, 2.75) is 30.7 Å². The normalized spacial score (nSPS) is 24.4. The minimum absolute atomic E-state index is 0.0164. The lowest BCUT2D eigenvalue weighted by Gasteiger charge is -2.38. The zero-order valence-corrected chi connectivity index (χ0v) is 18.6. The van der Waals surface area contributed by atoms with Crippen molar-refractivity contribution >= 4 is 27.3 Å². The van der Waals surface area contributed by atoms with Crippen LogP contribution >= 0.6 is 0 Å². The third-order valence-corrected chi connectivity index (χ3v) is 5.67. The van der Waals surface area contributed by atoms with Gasteiger partial charge in [0, 0.05) is 12.1 Å². The average molecular weight is 526 g/mol. The van der Waals surface area contributed by atoms with Gasteiger partial charge in [0.25, 0.3) is 0 Å². The zero-order chi connectivity index (χ0) is 26.4. The molecule has 14 nitrogen and oxygen atoms in total. The van der Waals surface area contributed by atoms with Gasteiger partial charge >= 0.3 is 16.4 Å². The highest BCUT2D eigenvalue weighted by molar-refractivity contribution is 7.81. The van der Waals surface area contributed by atoms with Crippen molar-refractivity contribution in [3.8, 4) is 28.4 Å². The number of aromatic hydroxyl groups is 1. The average Bonchev–Trinajstić information content (AvgIpc) is 2.79. The predicted molar refractivity (Wildman–Crippen MR) is 117 cm³/mol. The standard InChI is InChI=1S/C21H18O14S/c22-12-5-10(33-21-18(26)16(24)17(25)19(34-21)20(27)28)6-13-14(12)15(23)11(7-32-13)8-1-3-9(4-2-8)35-36(29,30)31/h1-7,16-19,21-22,24-26H,(H,27,28)(H,29,30,31)/t16-,17-,18+,19-,21+/m0/s1. The molecule has 0 saturated carbocycles. The van der Waals surface area contributed by atoms with E-state index in [1.165, 1.54) is 24.3 Å². The van der Waals surface area contributed by atoms with Gasteiger partial charge < -0.3 is 43.6 Å². The first kappa shape index (κ1) is 25.4. The molecule has 5 atom stereocenters. The molecule has 2 heterocycles. The smallest absolute Gasteiger partial charge is 0.446 e. The van der Waals surface area contributed by atoms with Crippen LogP contribution in [0, 0.1) is 0 Å². The Hall–Kier alpha value is -3.73. The van der Waals surface area contributed by atoms with Gasteiger partial charge in [-0.1, -0.05) is 12.1 Å². The Morgan fingerprint density at radius 1 is 0.972 bits per heavy atom. The lowest BCUT2D eigenvalue weighted by atomic mass is 9.99. The van der Waals surface area contributed by atoms with Crippen molar-refractivity contribution in [3.05, 3.63) is 52.9 Å². The van der Waals surface area contributed by atoms with E-state index in [-0.39, 0.29) is 33.6 Å². The SMILES string of the molecule is O=C(O)[C@H]1O[C@@H](Oc2cc(O)c3c(=O)c(-c4ccc(OS(=O)(=O)O)cc4)coc3c2)[C@H](O)[C@@H](O)[C@@H]1O. The number of benzene rings is 2. The van der Waals surface area contributed by atoms with Gasteiger partial charge in [0.2, 0.25) is 11.7 Å². The first-order valence-electron chi connectivity index (χ1n) is 10.0. The summed E-state index contributed by atoms with van der Waals surface area (Å²) in [6.07, 6.45) is -8.29. The number of aliphatic carboxylic acids is 1. The summed E-state index contributed by atoms with van der Waals surface area (Å²) in [4.78, 5) is 24.2. The van der Waals surface area contributed by atoms with Crippen LogP contribution in [0.4, 0.5) is 0 Å². The van der Waals surface area contributed by atoms with Gasteiger partial charge in [-0.25, -0.2) is 4.79 Å². The van der Waals surface area contributed by atoms with Gasteiger partial charge in [0.15, 0.2) is 6.10 Å². The summed E-state index contributed by atoms with van der Waals surface area (Å²) in [7, 11) is -4.73. The van der Waals surface area contributed by atoms with Crippen molar-refractivity contribution in [2.75, 3.05) is 0 Å². The Bertz CT molecular complexity index is 1460. The molecule has 1 fully saturated rings. The summed E-state index contributed by atoms with van der Waals surface area (Å²) < 4.78 is 50.4. The fourth-order valence-electron chi connectivity index (χ4n) is 3.57. The van der Waals surface area contributed by atoms with Crippen LogP contribution in [0.15, 0.2) is 51.9 Å². The van der Waals surface area contributed by atoms with E-state index in [9.17, 15) is 38.4 Å². The molecule has 36 heavy (non-hydrogen) atoms. The minimum atomic E-state index is -4.73. The molecule has 1 aromatic heterocycles. The third-order valence-electron chi connectivity index (χ3n) is 5.26. The molecule has 1 aliphatic rings. The van der Waals surface area contributed by atoms with Crippen molar-refractivity contribution in [1.29, 1.82) is 0 Å². The quantitative estimate of drug-likeness (QED) is 0.225. The highest BCUT2D eigenvalue weighted by Crippen LogP contribution is 2.33. The molecule has 0 bridgehead atoms. The van der Waals surface area contributed by atoms with E-state index in [4.69, 9.17) is 23.6 Å². The van der Waals surface area contributed by atoms with Crippen LogP contribution in [0.2, 0.25) is 0 Å². The Labute approximate surface area is 201 Å². The second-order valence-electron chi connectivity index (χ2n) is 7.68. The number of hydrogen-bond donors (Lipinski definition) is 6. The Morgan fingerprint density at radius 2 is 1.64 bits per heavy atom. The maximum Gasteiger partial charge on any atom is 0.446 e. The number of carboxylic acid groups (broad SMARTS) is 1. The van der Waals surface area contributed by atoms with E-state index in [1.807, 2.05) is 0 Å². The molecule has 6 N–H and O–H groups in total. The number of rotatable bonds is 6. The molecule has 0 radical (unpaired) electrons. The molecule has 4 rings (SSSR count). The molecule has 0 unspecified atom stereocenters. The summed E-state index contributed by atoms with van der Waals surface area (Å²) in [5.74, 6) is -2.66. The highest BCUT2D eigenvalue weighted by Gasteiger charge is 2.48. The van der Waals surface area contributed by atoms with Crippen LogP contribution < -0.4 is 14.3 Å². The molecule has 0 aliphatic carbocycles. The Morgan fingerprint density at radius 3 is 2.25 bits per heavy atom. The topological polar surface area (TPSA) is 230 Å². The molecule has 1 saturated heterocycles. The maximum absolute atomic E-state index is 13.0. The van der Waals surface area contributed by atoms with Crippen molar-refractivity contribution in [3.63, 3.8) is 0 Å². The van der Waals surface area contributed by atoms with Crippen LogP contribution in [0.3, 0.4) is 0 Å². The molecular weight excluding hydrogens is 508 g/mol. The van der Waals surface area contributed by atoms with Gasteiger partial charge in [-0.15, -0.1) is 0 Å². The number of aliphatic hydroxyl groups excluding tert-OH is 3. The van der Waals surface area contributed by atoms with Crippen LogP contribution in [0.5, 0.6) is 17.2 Å². The van der Waals surface area contributed by atoms with E-state index in [2.05, 4.69) is 4.18 Å². The zero-order valence-electron chi connectivity index (χ0n) is 17.8. The maximum atomic E-state index is 13.0. The van der Waals surface area contributed by atoms with Crippen LogP contribution in [0.1, 0.15) is 0 Å². The first-order chi connectivity index (χ1) is 16.9. The number of phenols is 1. The molecular formula is C21H18O14S. The second-order valence-corrected chi connectivity index (χ2v) is 8.70. The van der Waals surface area contributed by atoms with E-state index >= 15 is 0 Å².